The number of aryl methyl sites for hydroxylation is 2. The van der Waals surface area contributed by atoms with Gasteiger partial charge in [-0.1, -0.05) is 37.5 Å². The average molecular weight is 446 g/mol. The van der Waals surface area contributed by atoms with Gasteiger partial charge in [0, 0.05) is 18.8 Å². The molecule has 0 bridgehead atoms. The van der Waals surface area contributed by atoms with E-state index in [1.54, 1.807) is 0 Å². The second-order valence-corrected chi connectivity index (χ2v) is 8.77. The van der Waals surface area contributed by atoms with Gasteiger partial charge in [-0.25, -0.2) is 15.0 Å². The van der Waals surface area contributed by atoms with E-state index >= 15 is 0 Å². The van der Waals surface area contributed by atoms with Gasteiger partial charge in [-0.3, -0.25) is 4.68 Å². The Balaban J connectivity index is 1.48. The van der Waals surface area contributed by atoms with Gasteiger partial charge in [-0.05, 0) is 38.8 Å². The molecule has 1 N–H and O–H groups in total. The number of ether oxygens (including phenoxy) is 1. The van der Waals surface area contributed by atoms with Gasteiger partial charge in [0.05, 0.1) is 24.1 Å². The molecule has 0 radical (unpaired) electrons. The van der Waals surface area contributed by atoms with Crippen LogP contribution < -0.4 is 10.1 Å². The number of nitrogens with one attached hydrogen (secondary N) is 1. The minimum absolute atomic E-state index is 0.442. The molecule has 0 unspecified atom stereocenters. The Kier molecular flexibility index (Phi) is 5.98. The first-order chi connectivity index (χ1) is 16.1. The Morgan fingerprint density at radius 2 is 1.85 bits per heavy atom. The van der Waals surface area contributed by atoms with E-state index in [4.69, 9.17) is 19.7 Å². The maximum absolute atomic E-state index is 5.85. The number of fused-ring (bicyclic) bond motifs is 1. The lowest BCUT2D eigenvalue weighted by Gasteiger charge is -2.23. The fourth-order valence-corrected chi connectivity index (χ4v) is 4.73. The number of hydrogen-bond acceptors (Lipinski definition) is 6. The fourth-order valence-electron chi connectivity index (χ4n) is 4.73. The molecule has 8 nitrogen and oxygen atoms in total. The third-order valence-corrected chi connectivity index (χ3v) is 6.53. The molecule has 3 heterocycles. The van der Waals surface area contributed by atoms with Gasteiger partial charge in [-0.15, -0.1) is 0 Å². The van der Waals surface area contributed by atoms with Crippen molar-refractivity contribution >= 4 is 17.0 Å². The van der Waals surface area contributed by atoms with Crippen molar-refractivity contribution in [1.82, 2.24) is 29.3 Å². The Bertz CT molecular complexity index is 1240. The summed E-state index contributed by atoms with van der Waals surface area (Å²) < 4.78 is 9.99. The number of anilines is 1. The molecule has 0 atom stereocenters. The zero-order valence-electron chi connectivity index (χ0n) is 19.6. The molecule has 33 heavy (non-hydrogen) atoms. The lowest BCUT2D eigenvalue weighted by atomic mass is 9.95. The second-order valence-electron chi connectivity index (χ2n) is 8.77. The summed E-state index contributed by atoms with van der Waals surface area (Å²) in [6, 6.07) is 10.3. The van der Waals surface area contributed by atoms with Crippen molar-refractivity contribution < 1.29 is 4.74 Å². The topological polar surface area (TPSA) is 82.7 Å². The van der Waals surface area contributed by atoms with E-state index < -0.39 is 0 Å². The van der Waals surface area contributed by atoms with Crippen LogP contribution in [-0.4, -0.2) is 42.5 Å². The summed E-state index contributed by atoms with van der Waals surface area (Å²) in [5.74, 6) is 2.29. The first kappa shape index (κ1) is 21.4. The van der Waals surface area contributed by atoms with Crippen LogP contribution in [0.4, 0.5) is 5.82 Å². The van der Waals surface area contributed by atoms with E-state index in [1.165, 1.54) is 32.1 Å². The number of aromatic nitrogens is 6. The van der Waals surface area contributed by atoms with Gasteiger partial charge in [0.2, 0.25) is 0 Å². The number of rotatable bonds is 7. The zero-order valence-corrected chi connectivity index (χ0v) is 19.6. The van der Waals surface area contributed by atoms with Crippen LogP contribution in [0.3, 0.4) is 0 Å². The SMILES string of the molecule is Cc1nn(C)c(C)c1-c1nc(NCCOc2ccccc2)c2ncn(C3CCCCC3)c2n1. The Morgan fingerprint density at radius 3 is 2.58 bits per heavy atom. The highest BCUT2D eigenvalue weighted by Crippen LogP contribution is 2.33. The summed E-state index contributed by atoms with van der Waals surface area (Å²) >= 11 is 0. The zero-order chi connectivity index (χ0) is 22.8. The van der Waals surface area contributed by atoms with Crippen LogP contribution in [0, 0.1) is 13.8 Å². The minimum atomic E-state index is 0.442. The largest absolute Gasteiger partial charge is 0.492 e. The van der Waals surface area contributed by atoms with E-state index in [2.05, 4.69) is 21.9 Å². The summed E-state index contributed by atoms with van der Waals surface area (Å²) in [7, 11) is 1.96. The van der Waals surface area contributed by atoms with E-state index in [0.717, 1.165) is 39.7 Å². The highest BCUT2D eigenvalue weighted by Gasteiger charge is 2.23. The van der Waals surface area contributed by atoms with Crippen molar-refractivity contribution in [2.45, 2.75) is 52.0 Å². The number of nitrogens with zero attached hydrogens (tertiary/aromatic N) is 6. The lowest BCUT2D eigenvalue weighted by molar-refractivity contribution is 0.333. The summed E-state index contributed by atoms with van der Waals surface area (Å²) in [4.78, 5) is 14.6. The Labute approximate surface area is 194 Å². The smallest absolute Gasteiger partial charge is 0.167 e. The Hall–Kier alpha value is -3.42. The summed E-state index contributed by atoms with van der Waals surface area (Å²) in [6.07, 6.45) is 8.10. The predicted molar refractivity (Wildman–Crippen MR) is 130 cm³/mol. The molecule has 4 aromatic rings. The number of imidazole rings is 1. The molecule has 172 valence electrons. The standard InChI is InChI=1S/C25H31N7O/c1-17-21(18(2)31(3)30-17)23-28-24(26-14-15-33-20-12-8-5-9-13-20)22-25(29-23)32(16-27-22)19-10-6-4-7-11-19/h5,8-9,12-13,16,19H,4,6-7,10-11,14-15H2,1-3H3,(H,26,28,29). The lowest BCUT2D eigenvalue weighted by Crippen LogP contribution is -2.15. The molecule has 1 aromatic carbocycles. The van der Waals surface area contributed by atoms with E-state index in [-0.39, 0.29) is 0 Å². The van der Waals surface area contributed by atoms with Crippen LogP contribution in [0.2, 0.25) is 0 Å². The third kappa shape index (κ3) is 4.29. The molecule has 0 saturated heterocycles. The molecule has 0 spiro atoms. The maximum Gasteiger partial charge on any atom is 0.167 e. The van der Waals surface area contributed by atoms with Crippen LogP contribution in [0.25, 0.3) is 22.6 Å². The molecular weight excluding hydrogens is 414 g/mol. The normalized spacial score (nSPS) is 14.6. The number of benzene rings is 1. The molecule has 0 aliphatic heterocycles. The van der Waals surface area contributed by atoms with Gasteiger partial charge in [0.15, 0.2) is 17.3 Å². The highest BCUT2D eigenvalue weighted by molar-refractivity contribution is 5.85. The molecule has 1 saturated carbocycles. The first-order valence-corrected chi connectivity index (χ1v) is 11.8. The molecule has 1 aliphatic carbocycles. The molecule has 5 rings (SSSR count). The summed E-state index contributed by atoms with van der Waals surface area (Å²) in [6.45, 7) is 5.21. The van der Waals surface area contributed by atoms with Crippen molar-refractivity contribution in [2.24, 2.45) is 7.05 Å². The van der Waals surface area contributed by atoms with Crippen LogP contribution in [0.1, 0.15) is 49.5 Å². The van der Waals surface area contributed by atoms with Crippen LogP contribution in [0.5, 0.6) is 5.75 Å². The summed E-state index contributed by atoms with van der Waals surface area (Å²) in [5.41, 5.74) is 4.66. The minimum Gasteiger partial charge on any atom is -0.492 e. The van der Waals surface area contributed by atoms with E-state index in [9.17, 15) is 0 Å². The van der Waals surface area contributed by atoms with Crippen molar-refractivity contribution in [3.05, 3.63) is 48.0 Å². The van der Waals surface area contributed by atoms with Crippen molar-refractivity contribution in [3.63, 3.8) is 0 Å². The molecule has 0 amide bonds. The van der Waals surface area contributed by atoms with E-state index in [0.29, 0.717) is 25.0 Å². The van der Waals surface area contributed by atoms with E-state index in [1.807, 2.05) is 55.3 Å². The monoisotopic (exact) mass is 445 g/mol. The second kappa shape index (κ2) is 9.21. The van der Waals surface area contributed by atoms with Crippen molar-refractivity contribution in [1.29, 1.82) is 0 Å². The molecule has 3 aromatic heterocycles. The summed E-state index contributed by atoms with van der Waals surface area (Å²) in [5, 5.41) is 8.03. The molecule has 8 heteroatoms. The predicted octanol–water partition coefficient (Wildman–Crippen LogP) is 4.84. The molecule has 1 aliphatic rings. The average Bonchev–Trinajstić information content (AvgIpc) is 3.37. The highest BCUT2D eigenvalue weighted by atomic mass is 16.5. The van der Waals surface area contributed by atoms with Crippen LogP contribution in [0.15, 0.2) is 36.7 Å². The van der Waals surface area contributed by atoms with Gasteiger partial charge in [-0.2, -0.15) is 5.10 Å². The quantitative estimate of drug-likeness (QED) is 0.410. The van der Waals surface area contributed by atoms with Crippen molar-refractivity contribution in [3.8, 4) is 17.1 Å². The molecular formula is C25H31N7O. The van der Waals surface area contributed by atoms with Gasteiger partial charge >= 0.3 is 0 Å². The van der Waals surface area contributed by atoms with Gasteiger partial charge < -0.3 is 14.6 Å². The third-order valence-electron chi connectivity index (χ3n) is 6.53. The van der Waals surface area contributed by atoms with Crippen LogP contribution in [-0.2, 0) is 7.05 Å². The van der Waals surface area contributed by atoms with Gasteiger partial charge in [0.25, 0.3) is 0 Å². The number of para-hydroxylation sites is 1. The maximum atomic E-state index is 5.85. The number of hydrogen-bond donors (Lipinski definition) is 1. The first-order valence-electron chi connectivity index (χ1n) is 11.8. The van der Waals surface area contributed by atoms with Crippen LogP contribution >= 0.6 is 0 Å². The fraction of sp³-hybridized carbons (Fsp3) is 0.440. The van der Waals surface area contributed by atoms with Gasteiger partial charge in [0.1, 0.15) is 17.9 Å². The molecule has 1 fully saturated rings. The van der Waals surface area contributed by atoms with Crippen molar-refractivity contribution in [2.75, 3.05) is 18.5 Å². The Morgan fingerprint density at radius 1 is 1.06 bits per heavy atom.